The Morgan fingerprint density at radius 2 is 2.10 bits per heavy atom. The van der Waals surface area contributed by atoms with Crippen molar-refractivity contribution in [2.24, 2.45) is 0 Å². The molecule has 1 aliphatic rings. The molecule has 1 unspecified atom stereocenters. The lowest BCUT2D eigenvalue weighted by atomic mass is 10.1. The summed E-state index contributed by atoms with van der Waals surface area (Å²) < 4.78 is 16.1. The minimum Gasteiger partial charge on any atom is -0.481 e. The van der Waals surface area contributed by atoms with Gasteiger partial charge in [-0.3, -0.25) is 19.2 Å². The van der Waals surface area contributed by atoms with Gasteiger partial charge in [0, 0.05) is 39.5 Å². The number of fused-ring (bicyclic) bond motifs is 1. The number of carbonyl (C=O) groups is 3. The molecule has 9 nitrogen and oxygen atoms in total. The fraction of sp³-hybridized carbons (Fsp3) is 0.310. The van der Waals surface area contributed by atoms with Gasteiger partial charge in [0.25, 0.3) is 5.91 Å². The summed E-state index contributed by atoms with van der Waals surface area (Å²) in [5.41, 5.74) is 0.712. The van der Waals surface area contributed by atoms with Crippen LogP contribution in [0.15, 0.2) is 48.0 Å². The summed E-state index contributed by atoms with van der Waals surface area (Å²) in [5, 5.41) is 16.6. The number of halogens is 2. The van der Waals surface area contributed by atoms with Crippen molar-refractivity contribution in [2.75, 3.05) is 30.4 Å². The number of carboxylic acids is 1. The molecule has 1 amide bonds. The highest BCUT2D eigenvalue weighted by atomic mass is 35.5. The number of nitrogens with one attached hydrogen (secondary N) is 1. The van der Waals surface area contributed by atoms with E-state index in [4.69, 9.17) is 21.5 Å². The molecule has 5 rings (SSSR count). The van der Waals surface area contributed by atoms with Crippen molar-refractivity contribution in [3.05, 3.63) is 74.8 Å². The Hall–Kier alpha value is -3.42. The van der Waals surface area contributed by atoms with Gasteiger partial charge in [0.15, 0.2) is 10.9 Å². The Labute approximate surface area is 254 Å². The van der Waals surface area contributed by atoms with Gasteiger partial charge >= 0.3 is 5.97 Å². The van der Waals surface area contributed by atoms with E-state index in [-0.39, 0.29) is 47.6 Å². The van der Waals surface area contributed by atoms with E-state index in [0.717, 1.165) is 39.0 Å². The maximum atomic E-state index is 15.1. The van der Waals surface area contributed by atoms with E-state index in [1.807, 2.05) is 29.2 Å². The fourth-order valence-corrected chi connectivity index (χ4v) is 7.10. The number of carboxylic acid groups (broad SMARTS) is 1. The van der Waals surface area contributed by atoms with Gasteiger partial charge < -0.3 is 15.3 Å². The number of carbonyl (C=O) groups excluding carboxylic acids is 2. The van der Waals surface area contributed by atoms with Crippen LogP contribution in [0.2, 0.25) is 5.02 Å². The molecule has 13 heteroatoms. The number of hydrogen-bond donors (Lipinski definition) is 2. The third-order valence-corrected chi connectivity index (χ3v) is 9.36. The molecule has 2 aromatic carbocycles. The third-order valence-electron chi connectivity index (χ3n) is 6.99. The molecular weight excluding hydrogens is 603 g/mol. The topological polar surface area (TPSA) is 112 Å². The Morgan fingerprint density at radius 1 is 1.29 bits per heavy atom. The van der Waals surface area contributed by atoms with Crippen molar-refractivity contribution in [3.63, 3.8) is 0 Å². The number of benzene rings is 2. The molecule has 42 heavy (non-hydrogen) atoms. The van der Waals surface area contributed by atoms with E-state index in [1.165, 1.54) is 35.8 Å². The lowest BCUT2D eigenvalue weighted by molar-refractivity contribution is -0.166. The quantitative estimate of drug-likeness (QED) is 0.183. The van der Waals surface area contributed by atoms with Gasteiger partial charge in [-0.2, -0.15) is 5.06 Å². The summed E-state index contributed by atoms with van der Waals surface area (Å²) in [6.07, 6.45) is 3.25. The number of Topliss-reactive ketones (excluding diaryl/α,β-unsaturated/α-hetero) is 1. The van der Waals surface area contributed by atoms with Crippen LogP contribution >= 0.6 is 34.3 Å². The van der Waals surface area contributed by atoms with Crippen LogP contribution in [0.3, 0.4) is 0 Å². The summed E-state index contributed by atoms with van der Waals surface area (Å²) >= 11 is 9.27. The molecule has 2 aromatic heterocycles. The number of amides is 1. The Kier molecular flexibility index (Phi) is 9.49. The van der Waals surface area contributed by atoms with Crippen molar-refractivity contribution in [1.82, 2.24) is 10.0 Å². The molecule has 1 atom stereocenters. The maximum Gasteiger partial charge on any atom is 0.303 e. The van der Waals surface area contributed by atoms with E-state index >= 15 is 4.39 Å². The van der Waals surface area contributed by atoms with Gasteiger partial charge in [-0.15, -0.1) is 22.7 Å². The highest BCUT2D eigenvalue weighted by Gasteiger charge is 2.33. The number of hydroxylamine groups is 2. The van der Waals surface area contributed by atoms with Crippen LogP contribution in [0, 0.1) is 5.82 Å². The first-order valence-corrected chi connectivity index (χ1v) is 15.3. The van der Waals surface area contributed by atoms with Gasteiger partial charge in [-0.25, -0.2) is 9.37 Å². The molecule has 1 fully saturated rings. The number of nitrogens with zero attached hydrogens (tertiary/aromatic N) is 3. The fourth-order valence-electron chi connectivity index (χ4n) is 4.94. The van der Waals surface area contributed by atoms with Gasteiger partial charge in [0.2, 0.25) is 0 Å². The molecule has 3 heterocycles. The van der Waals surface area contributed by atoms with Crippen LogP contribution in [-0.4, -0.2) is 59.2 Å². The molecular formula is C29H28ClFN4O5S2. The molecule has 4 aromatic rings. The van der Waals surface area contributed by atoms with E-state index in [1.54, 1.807) is 16.6 Å². The molecule has 0 radical (unpaired) electrons. The van der Waals surface area contributed by atoms with Gasteiger partial charge in [-0.05, 0) is 43.0 Å². The Morgan fingerprint density at radius 3 is 2.88 bits per heavy atom. The zero-order chi connectivity index (χ0) is 29.8. The summed E-state index contributed by atoms with van der Waals surface area (Å²) in [4.78, 5) is 49.8. The van der Waals surface area contributed by atoms with Crippen LogP contribution in [0.4, 0.5) is 15.2 Å². The van der Waals surface area contributed by atoms with Crippen molar-refractivity contribution in [2.45, 2.75) is 38.3 Å². The molecule has 0 saturated carbocycles. The molecule has 0 bridgehead atoms. The zero-order valence-corrected chi connectivity index (χ0v) is 25.0. The van der Waals surface area contributed by atoms with E-state index in [0.29, 0.717) is 18.5 Å². The lowest BCUT2D eigenvalue weighted by Gasteiger charge is -2.32. The van der Waals surface area contributed by atoms with Gasteiger partial charge in [0.05, 0.1) is 36.3 Å². The first-order chi connectivity index (χ1) is 20.2. The van der Waals surface area contributed by atoms with Crippen molar-refractivity contribution < 1.29 is 28.7 Å². The SMILES string of the molecule is CON(CC(=O)Cc1cc(Cl)c(NC(=O)c2csc3ccccc23)cc1F)C1CCCN1c1ncc(CCC(=O)O)s1. The minimum atomic E-state index is -0.864. The summed E-state index contributed by atoms with van der Waals surface area (Å²) in [7, 11) is 1.48. The number of rotatable bonds is 12. The van der Waals surface area contributed by atoms with E-state index in [2.05, 4.69) is 10.3 Å². The maximum absolute atomic E-state index is 15.1. The number of thiophene rings is 1. The summed E-state index contributed by atoms with van der Waals surface area (Å²) in [5.74, 6) is -2.19. The third kappa shape index (κ3) is 6.79. The average molecular weight is 631 g/mol. The molecule has 220 valence electrons. The van der Waals surface area contributed by atoms with Gasteiger partial charge in [-0.1, -0.05) is 29.8 Å². The molecule has 1 saturated heterocycles. The molecule has 0 aliphatic carbocycles. The van der Waals surface area contributed by atoms with Crippen LogP contribution in [0.5, 0.6) is 0 Å². The number of aromatic nitrogens is 1. The van der Waals surface area contributed by atoms with Crippen molar-refractivity contribution in [1.29, 1.82) is 0 Å². The van der Waals surface area contributed by atoms with Crippen LogP contribution in [-0.2, 0) is 27.3 Å². The first kappa shape index (κ1) is 30.1. The lowest BCUT2D eigenvalue weighted by Crippen LogP contribution is -2.46. The molecule has 1 aliphatic heterocycles. The van der Waals surface area contributed by atoms with Crippen LogP contribution in [0.25, 0.3) is 10.1 Å². The van der Waals surface area contributed by atoms with E-state index < -0.39 is 17.7 Å². The number of aryl methyl sites for hydroxylation is 1. The Balaban J connectivity index is 1.22. The monoisotopic (exact) mass is 630 g/mol. The molecule has 0 spiro atoms. The number of anilines is 2. The molecule has 2 N–H and O–H groups in total. The van der Waals surface area contributed by atoms with Crippen LogP contribution < -0.4 is 10.2 Å². The first-order valence-electron chi connectivity index (χ1n) is 13.2. The standard InChI is InChI=1S/C29H28ClFN4O5S2/c1-40-35(26-7-4-10-34(26)29-32-14-19(42-29)8-9-27(37)38)15-18(36)11-17-12-22(30)24(13-23(17)31)33-28(39)21-16-41-25-6-3-2-5-20(21)25/h2-3,5-6,12-14,16,26H,4,7-11,15H2,1H3,(H,33,39)(H,37,38). The second-order valence-electron chi connectivity index (χ2n) is 9.82. The van der Waals surface area contributed by atoms with Crippen molar-refractivity contribution in [3.8, 4) is 0 Å². The van der Waals surface area contributed by atoms with E-state index in [9.17, 15) is 14.4 Å². The number of ketones is 1. The predicted octanol–water partition coefficient (Wildman–Crippen LogP) is 6.02. The van der Waals surface area contributed by atoms with Crippen molar-refractivity contribution >= 4 is 72.8 Å². The second-order valence-corrected chi connectivity index (χ2v) is 12.2. The predicted molar refractivity (Wildman–Crippen MR) is 162 cm³/mol. The zero-order valence-electron chi connectivity index (χ0n) is 22.6. The highest BCUT2D eigenvalue weighted by molar-refractivity contribution is 7.17. The highest BCUT2D eigenvalue weighted by Crippen LogP contribution is 2.33. The summed E-state index contributed by atoms with van der Waals surface area (Å²) in [6, 6.07) is 10.0. The smallest absolute Gasteiger partial charge is 0.303 e. The number of thiazole rings is 1. The van der Waals surface area contributed by atoms with Crippen LogP contribution in [0.1, 0.15) is 40.1 Å². The number of aliphatic carboxylic acids is 1. The minimum absolute atomic E-state index is 0.0312. The second kappa shape index (κ2) is 13.3. The summed E-state index contributed by atoms with van der Waals surface area (Å²) in [6.45, 7) is 0.624. The Bertz CT molecular complexity index is 1630. The average Bonchev–Trinajstić information content (AvgIpc) is 3.72. The number of hydrogen-bond acceptors (Lipinski definition) is 9. The van der Waals surface area contributed by atoms with Gasteiger partial charge in [0.1, 0.15) is 12.0 Å². The largest absolute Gasteiger partial charge is 0.481 e. The normalized spacial score (nSPS) is 15.0.